The number of Topliss-reactive ketones (excluding diaryl/α,β-unsaturated/α-hetero) is 1. The fraction of sp³-hybridized carbons (Fsp3) is 0.833. The van der Waals surface area contributed by atoms with Crippen LogP contribution in [0, 0.1) is 0 Å². The van der Waals surface area contributed by atoms with Gasteiger partial charge in [0.15, 0.2) is 0 Å². The predicted molar refractivity (Wildman–Crippen MR) is 35.1 cm³/mol. The molecular weight excluding hydrogens is 118 g/mol. The van der Waals surface area contributed by atoms with Crippen LogP contribution in [0.4, 0.5) is 0 Å². The van der Waals surface area contributed by atoms with E-state index in [4.69, 9.17) is 10.5 Å². The van der Waals surface area contributed by atoms with Gasteiger partial charge in [0.05, 0.1) is 12.1 Å². The molecule has 2 atom stereocenters. The highest BCUT2D eigenvalue weighted by molar-refractivity contribution is 5.81. The maximum atomic E-state index is 10.5. The molecule has 0 bridgehead atoms. The van der Waals surface area contributed by atoms with Crippen LogP contribution in [-0.4, -0.2) is 25.0 Å². The Labute approximate surface area is 55.2 Å². The van der Waals surface area contributed by atoms with Crippen molar-refractivity contribution in [3.63, 3.8) is 0 Å². The zero-order valence-corrected chi connectivity index (χ0v) is 6.05. The van der Waals surface area contributed by atoms with E-state index in [1.54, 1.807) is 6.92 Å². The lowest BCUT2D eigenvalue weighted by Crippen LogP contribution is -2.39. The summed E-state index contributed by atoms with van der Waals surface area (Å²) in [6.07, 6.45) is -0.178. The van der Waals surface area contributed by atoms with Gasteiger partial charge >= 0.3 is 0 Å². The van der Waals surface area contributed by atoms with Gasteiger partial charge < -0.3 is 10.5 Å². The van der Waals surface area contributed by atoms with E-state index in [-0.39, 0.29) is 11.9 Å². The summed E-state index contributed by atoms with van der Waals surface area (Å²) in [5.74, 6) is -0.0376. The van der Waals surface area contributed by atoms with Gasteiger partial charge in [0, 0.05) is 7.11 Å². The van der Waals surface area contributed by atoms with Crippen molar-refractivity contribution < 1.29 is 9.53 Å². The topological polar surface area (TPSA) is 52.3 Å². The first kappa shape index (κ1) is 8.59. The largest absolute Gasteiger partial charge is 0.380 e. The first-order valence-corrected chi connectivity index (χ1v) is 2.88. The molecule has 0 aliphatic carbocycles. The molecule has 0 aromatic rings. The molecule has 9 heavy (non-hydrogen) atoms. The standard InChI is InChI=1S/C6H13NO2/c1-4(8)6(7)5(2)9-3/h5-6H,7H2,1-3H3/t5-,6-/m1/s1. The smallest absolute Gasteiger partial charge is 0.149 e. The Morgan fingerprint density at radius 1 is 1.67 bits per heavy atom. The Kier molecular flexibility index (Phi) is 3.42. The van der Waals surface area contributed by atoms with Crippen LogP contribution in [0.25, 0.3) is 0 Å². The molecule has 54 valence electrons. The molecule has 0 saturated heterocycles. The van der Waals surface area contributed by atoms with E-state index in [9.17, 15) is 4.79 Å². The van der Waals surface area contributed by atoms with Crippen molar-refractivity contribution in [3.8, 4) is 0 Å². The quantitative estimate of drug-likeness (QED) is 0.583. The monoisotopic (exact) mass is 131 g/mol. The summed E-state index contributed by atoms with van der Waals surface area (Å²) in [5.41, 5.74) is 5.40. The van der Waals surface area contributed by atoms with Crippen molar-refractivity contribution in [2.24, 2.45) is 5.73 Å². The summed E-state index contributed by atoms with van der Waals surface area (Å²) in [5, 5.41) is 0. The highest BCUT2D eigenvalue weighted by Crippen LogP contribution is 1.93. The number of carbonyl (C=O) groups is 1. The van der Waals surface area contributed by atoms with Crippen LogP contribution < -0.4 is 5.73 Å². The second kappa shape index (κ2) is 3.58. The third-order valence-corrected chi connectivity index (χ3v) is 1.35. The maximum absolute atomic E-state index is 10.5. The number of hydrogen-bond acceptors (Lipinski definition) is 3. The lowest BCUT2D eigenvalue weighted by molar-refractivity contribution is -0.120. The van der Waals surface area contributed by atoms with Gasteiger partial charge in [0.25, 0.3) is 0 Å². The fourth-order valence-corrected chi connectivity index (χ4v) is 0.477. The second-order valence-corrected chi connectivity index (χ2v) is 2.08. The summed E-state index contributed by atoms with van der Waals surface area (Å²) >= 11 is 0. The Morgan fingerprint density at radius 3 is 2.22 bits per heavy atom. The summed E-state index contributed by atoms with van der Waals surface area (Å²) in [6.45, 7) is 3.23. The first-order chi connectivity index (χ1) is 4.09. The van der Waals surface area contributed by atoms with E-state index in [1.807, 2.05) is 0 Å². The molecule has 0 aliphatic rings. The van der Waals surface area contributed by atoms with Gasteiger partial charge in [-0.15, -0.1) is 0 Å². The third kappa shape index (κ3) is 2.58. The normalized spacial score (nSPS) is 16.9. The van der Waals surface area contributed by atoms with Crippen LogP contribution in [0.1, 0.15) is 13.8 Å². The molecule has 0 spiro atoms. The van der Waals surface area contributed by atoms with Gasteiger partial charge in [-0.25, -0.2) is 0 Å². The SMILES string of the molecule is CO[C@H](C)[C@H](N)C(C)=O. The molecule has 0 amide bonds. The molecule has 0 rings (SSSR count). The highest BCUT2D eigenvalue weighted by atomic mass is 16.5. The molecule has 0 aromatic carbocycles. The summed E-state index contributed by atoms with van der Waals surface area (Å²) in [4.78, 5) is 10.5. The lowest BCUT2D eigenvalue weighted by Gasteiger charge is -2.14. The fourth-order valence-electron chi connectivity index (χ4n) is 0.477. The van der Waals surface area contributed by atoms with Gasteiger partial charge in [-0.1, -0.05) is 0 Å². The van der Waals surface area contributed by atoms with Gasteiger partial charge in [-0.2, -0.15) is 0 Å². The number of rotatable bonds is 3. The van der Waals surface area contributed by atoms with Gasteiger partial charge in [-0.05, 0) is 13.8 Å². The van der Waals surface area contributed by atoms with Crippen LogP contribution in [-0.2, 0) is 9.53 Å². The van der Waals surface area contributed by atoms with Gasteiger partial charge in [0.1, 0.15) is 5.78 Å². The number of methoxy groups -OCH3 is 1. The predicted octanol–water partition coefficient (Wildman–Crippen LogP) is -0.0624. The average molecular weight is 131 g/mol. The zero-order chi connectivity index (χ0) is 7.44. The maximum Gasteiger partial charge on any atom is 0.149 e. The van der Waals surface area contributed by atoms with Crippen molar-refractivity contribution in [1.29, 1.82) is 0 Å². The van der Waals surface area contributed by atoms with Crippen LogP contribution in [0.2, 0.25) is 0 Å². The molecular formula is C6H13NO2. The van der Waals surface area contributed by atoms with E-state index in [0.717, 1.165) is 0 Å². The van der Waals surface area contributed by atoms with Crippen LogP contribution in [0.3, 0.4) is 0 Å². The minimum Gasteiger partial charge on any atom is -0.380 e. The number of hydrogen-bond donors (Lipinski definition) is 1. The van der Waals surface area contributed by atoms with Gasteiger partial charge in [-0.3, -0.25) is 4.79 Å². The summed E-state index contributed by atoms with van der Waals surface area (Å²) in [6, 6.07) is -0.477. The molecule has 2 N–H and O–H groups in total. The van der Waals surface area contributed by atoms with Crippen molar-refractivity contribution in [2.45, 2.75) is 26.0 Å². The minimum absolute atomic E-state index is 0.0376. The van der Waals surface area contributed by atoms with Crippen molar-refractivity contribution in [1.82, 2.24) is 0 Å². The minimum atomic E-state index is -0.477. The second-order valence-electron chi connectivity index (χ2n) is 2.08. The molecule has 0 radical (unpaired) electrons. The van der Waals surface area contributed by atoms with Crippen molar-refractivity contribution >= 4 is 5.78 Å². The van der Waals surface area contributed by atoms with Crippen molar-refractivity contribution in [2.75, 3.05) is 7.11 Å². The molecule has 3 nitrogen and oxygen atoms in total. The van der Waals surface area contributed by atoms with Crippen molar-refractivity contribution in [3.05, 3.63) is 0 Å². The molecule has 0 saturated carbocycles. The van der Waals surface area contributed by atoms with E-state index < -0.39 is 6.04 Å². The lowest BCUT2D eigenvalue weighted by atomic mass is 10.1. The molecule has 0 aliphatic heterocycles. The Bertz CT molecular complexity index is 103. The van der Waals surface area contributed by atoms with Crippen LogP contribution in [0.15, 0.2) is 0 Å². The Morgan fingerprint density at radius 2 is 2.11 bits per heavy atom. The molecule has 0 heterocycles. The highest BCUT2D eigenvalue weighted by Gasteiger charge is 2.15. The van der Waals surface area contributed by atoms with Gasteiger partial charge in [0.2, 0.25) is 0 Å². The van der Waals surface area contributed by atoms with E-state index in [2.05, 4.69) is 0 Å². The zero-order valence-electron chi connectivity index (χ0n) is 6.05. The average Bonchev–Trinajstić information content (AvgIpc) is 1.84. The molecule has 0 fully saturated rings. The van der Waals surface area contributed by atoms with E-state index >= 15 is 0 Å². The summed E-state index contributed by atoms with van der Waals surface area (Å²) < 4.78 is 4.83. The van der Waals surface area contributed by atoms with Crippen LogP contribution >= 0.6 is 0 Å². The number of ether oxygens (including phenoxy) is 1. The van der Waals surface area contributed by atoms with E-state index in [0.29, 0.717) is 0 Å². The molecule has 3 heteroatoms. The first-order valence-electron chi connectivity index (χ1n) is 2.88. The Balaban J connectivity index is 3.72. The number of carbonyl (C=O) groups excluding carboxylic acids is 1. The Hall–Kier alpha value is -0.410. The number of ketones is 1. The molecule has 0 unspecified atom stereocenters. The number of nitrogens with two attached hydrogens (primary N) is 1. The summed E-state index contributed by atoms with van der Waals surface area (Å²) in [7, 11) is 1.54. The van der Waals surface area contributed by atoms with E-state index in [1.165, 1.54) is 14.0 Å². The molecule has 0 aromatic heterocycles. The van der Waals surface area contributed by atoms with Crippen LogP contribution in [0.5, 0.6) is 0 Å². The third-order valence-electron chi connectivity index (χ3n) is 1.35.